The highest BCUT2D eigenvalue weighted by atomic mass is 35.5. The Balaban J connectivity index is 1.48. The van der Waals surface area contributed by atoms with Crippen LogP contribution in [0.3, 0.4) is 0 Å². The lowest BCUT2D eigenvalue weighted by Gasteiger charge is -2.34. The van der Waals surface area contributed by atoms with E-state index in [4.69, 9.17) is 21.1 Å². The maximum Gasteiger partial charge on any atom is 0.231 e. The molecule has 3 aromatic rings. The summed E-state index contributed by atoms with van der Waals surface area (Å²) in [5.41, 5.74) is 3.48. The summed E-state index contributed by atoms with van der Waals surface area (Å²) in [5, 5.41) is 0.217. The van der Waals surface area contributed by atoms with Crippen molar-refractivity contribution in [2.24, 2.45) is 0 Å². The lowest BCUT2D eigenvalue weighted by molar-refractivity contribution is 0.0609. The van der Waals surface area contributed by atoms with Gasteiger partial charge in [0.15, 0.2) is 5.76 Å². The molecule has 2 heterocycles. The third-order valence-corrected chi connectivity index (χ3v) is 6.40. The van der Waals surface area contributed by atoms with Crippen LogP contribution in [0.2, 0.25) is 5.02 Å². The second-order valence-electron chi connectivity index (χ2n) is 8.05. The number of rotatable bonds is 3. The van der Waals surface area contributed by atoms with E-state index in [2.05, 4.69) is 24.0 Å². The SMILES string of the molecule is Cc1c2c(cc3c1O/C(=C\c1c(F)cccc1Cl)C3=O)CN(C(C)c1ccccc1)CO2. The highest BCUT2D eigenvalue weighted by molar-refractivity contribution is 6.32. The van der Waals surface area contributed by atoms with E-state index in [0.29, 0.717) is 24.6 Å². The van der Waals surface area contributed by atoms with Crippen LogP contribution in [0.5, 0.6) is 11.5 Å². The molecule has 0 aromatic heterocycles. The number of nitrogens with zero attached hydrogens (tertiary/aromatic N) is 1. The molecule has 0 saturated heterocycles. The Morgan fingerprint density at radius 1 is 1.12 bits per heavy atom. The fraction of sp³-hybridized carbons (Fsp3) is 0.192. The molecule has 3 aromatic carbocycles. The van der Waals surface area contributed by atoms with Gasteiger partial charge in [-0.15, -0.1) is 0 Å². The number of allylic oxidation sites excluding steroid dienone is 1. The van der Waals surface area contributed by atoms with Crippen LogP contribution in [0.15, 0.2) is 60.4 Å². The van der Waals surface area contributed by atoms with Gasteiger partial charge in [-0.05, 0) is 43.7 Å². The van der Waals surface area contributed by atoms with Gasteiger partial charge >= 0.3 is 0 Å². The summed E-state index contributed by atoms with van der Waals surface area (Å²) >= 11 is 6.12. The average Bonchev–Trinajstić information content (AvgIpc) is 3.12. The summed E-state index contributed by atoms with van der Waals surface area (Å²) in [6, 6.07) is 16.6. The maximum atomic E-state index is 14.2. The number of Topliss-reactive ketones (excluding diaryl/α,β-unsaturated/α-hetero) is 1. The van der Waals surface area contributed by atoms with Crippen molar-refractivity contribution in [1.82, 2.24) is 4.90 Å². The molecule has 162 valence electrons. The van der Waals surface area contributed by atoms with Gasteiger partial charge in [-0.3, -0.25) is 9.69 Å². The van der Waals surface area contributed by atoms with Crippen LogP contribution in [0.25, 0.3) is 6.08 Å². The minimum Gasteiger partial charge on any atom is -0.477 e. The smallest absolute Gasteiger partial charge is 0.231 e. The zero-order valence-electron chi connectivity index (χ0n) is 17.7. The Labute approximate surface area is 190 Å². The van der Waals surface area contributed by atoms with Crippen molar-refractivity contribution in [1.29, 1.82) is 0 Å². The molecule has 32 heavy (non-hydrogen) atoms. The summed E-state index contributed by atoms with van der Waals surface area (Å²) in [7, 11) is 0. The molecule has 4 nitrogen and oxygen atoms in total. The second kappa shape index (κ2) is 8.08. The predicted molar refractivity (Wildman–Crippen MR) is 121 cm³/mol. The number of benzene rings is 3. The average molecular weight is 450 g/mol. The summed E-state index contributed by atoms with van der Waals surface area (Å²) in [6.45, 7) is 5.09. The monoisotopic (exact) mass is 449 g/mol. The first kappa shape index (κ1) is 20.7. The zero-order chi connectivity index (χ0) is 22.4. The van der Waals surface area contributed by atoms with Crippen molar-refractivity contribution < 1.29 is 18.7 Å². The quantitative estimate of drug-likeness (QED) is 0.439. The minimum atomic E-state index is -0.512. The minimum absolute atomic E-state index is 0.0481. The molecule has 0 radical (unpaired) electrons. The molecule has 6 heteroatoms. The van der Waals surface area contributed by atoms with E-state index in [1.165, 1.54) is 23.8 Å². The summed E-state index contributed by atoms with van der Waals surface area (Å²) in [4.78, 5) is 15.3. The van der Waals surface area contributed by atoms with Gasteiger partial charge in [-0.1, -0.05) is 48.0 Å². The molecule has 5 rings (SSSR count). The molecule has 0 fully saturated rings. The number of hydrogen-bond acceptors (Lipinski definition) is 4. The molecule has 0 saturated carbocycles. The largest absolute Gasteiger partial charge is 0.477 e. The molecule has 1 atom stereocenters. The van der Waals surface area contributed by atoms with Gasteiger partial charge < -0.3 is 9.47 Å². The van der Waals surface area contributed by atoms with E-state index in [1.807, 2.05) is 31.2 Å². The van der Waals surface area contributed by atoms with Crippen LogP contribution in [0.4, 0.5) is 4.39 Å². The lowest BCUT2D eigenvalue weighted by Crippen LogP contribution is -2.34. The molecule has 0 bridgehead atoms. The van der Waals surface area contributed by atoms with Gasteiger partial charge in [0, 0.05) is 29.3 Å². The van der Waals surface area contributed by atoms with Crippen LogP contribution in [-0.4, -0.2) is 17.4 Å². The van der Waals surface area contributed by atoms with Crippen LogP contribution < -0.4 is 9.47 Å². The fourth-order valence-electron chi connectivity index (χ4n) is 4.24. The number of carbonyl (C=O) groups excluding carboxylic acids is 1. The summed E-state index contributed by atoms with van der Waals surface area (Å²) < 4.78 is 26.2. The van der Waals surface area contributed by atoms with Gasteiger partial charge in [0.25, 0.3) is 0 Å². The topological polar surface area (TPSA) is 38.8 Å². The van der Waals surface area contributed by atoms with Crippen molar-refractivity contribution in [3.63, 3.8) is 0 Å². The van der Waals surface area contributed by atoms with Crippen molar-refractivity contribution in [2.45, 2.75) is 26.4 Å². The van der Waals surface area contributed by atoms with E-state index in [-0.39, 0.29) is 28.2 Å². The first-order chi connectivity index (χ1) is 15.4. The van der Waals surface area contributed by atoms with E-state index in [1.54, 1.807) is 6.07 Å². The number of hydrogen-bond donors (Lipinski definition) is 0. The highest BCUT2D eigenvalue weighted by Gasteiger charge is 2.34. The van der Waals surface area contributed by atoms with Crippen molar-refractivity contribution in [3.8, 4) is 11.5 Å². The number of ketones is 1. The standard InChI is InChI=1S/C26H21ClFNO3/c1-15-25-18(13-29(14-31-25)16(2)17-7-4-3-5-8-17)11-20-24(30)23(32-26(15)20)12-19-21(27)9-6-10-22(19)28/h3-12,16H,13-14H2,1-2H3/b23-12-. The van der Waals surface area contributed by atoms with E-state index in [9.17, 15) is 9.18 Å². The van der Waals surface area contributed by atoms with Crippen molar-refractivity contribution >= 4 is 23.5 Å². The van der Waals surface area contributed by atoms with Crippen LogP contribution in [-0.2, 0) is 6.54 Å². The van der Waals surface area contributed by atoms with E-state index >= 15 is 0 Å². The molecule has 1 unspecified atom stereocenters. The molecule has 0 spiro atoms. The molecule has 0 aliphatic carbocycles. The van der Waals surface area contributed by atoms with Crippen LogP contribution in [0, 0.1) is 12.7 Å². The molecule has 2 aliphatic heterocycles. The molecule has 0 amide bonds. The Hall–Kier alpha value is -3.15. The number of fused-ring (bicyclic) bond motifs is 2. The zero-order valence-corrected chi connectivity index (χ0v) is 18.4. The van der Waals surface area contributed by atoms with E-state index < -0.39 is 5.82 Å². The van der Waals surface area contributed by atoms with Crippen LogP contribution >= 0.6 is 11.6 Å². The normalized spacial score (nSPS) is 17.5. The Morgan fingerprint density at radius 2 is 1.91 bits per heavy atom. The van der Waals surface area contributed by atoms with Crippen LogP contribution in [0.1, 0.15) is 45.6 Å². The first-order valence-electron chi connectivity index (χ1n) is 10.4. The number of halogens is 2. The Bertz CT molecular complexity index is 1240. The highest BCUT2D eigenvalue weighted by Crippen LogP contribution is 2.44. The summed E-state index contributed by atoms with van der Waals surface area (Å²) in [6.07, 6.45) is 1.36. The van der Waals surface area contributed by atoms with Gasteiger partial charge in [0.1, 0.15) is 24.0 Å². The van der Waals surface area contributed by atoms with Gasteiger partial charge in [-0.25, -0.2) is 4.39 Å². The fourth-order valence-corrected chi connectivity index (χ4v) is 4.45. The Morgan fingerprint density at radius 3 is 2.66 bits per heavy atom. The molecule has 2 aliphatic rings. The van der Waals surface area contributed by atoms with Gasteiger partial charge in [-0.2, -0.15) is 0 Å². The lowest BCUT2D eigenvalue weighted by atomic mass is 9.99. The number of carbonyl (C=O) groups is 1. The third kappa shape index (κ3) is 3.48. The molecule has 0 N–H and O–H groups in total. The van der Waals surface area contributed by atoms with Gasteiger partial charge in [0.2, 0.25) is 5.78 Å². The third-order valence-electron chi connectivity index (χ3n) is 6.07. The predicted octanol–water partition coefficient (Wildman–Crippen LogP) is 6.32. The van der Waals surface area contributed by atoms with Crippen molar-refractivity contribution in [3.05, 3.63) is 99.0 Å². The molecular weight excluding hydrogens is 429 g/mol. The Kier molecular flexibility index (Phi) is 5.24. The van der Waals surface area contributed by atoms with Crippen molar-refractivity contribution in [2.75, 3.05) is 6.73 Å². The van der Waals surface area contributed by atoms with Gasteiger partial charge in [0.05, 0.1) is 10.6 Å². The van der Waals surface area contributed by atoms with E-state index in [0.717, 1.165) is 16.9 Å². The maximum absolute atomic E-state index is 14.2. The second-order valence-corrected chi connectivity index (χ2v) is 8.46. The molecular formula is C26H21ClFNO3. The first-order valence-corrected chi connectivity index (χ1v) is 10.8. The summed E-state index contributed by atoms with van der Waals surface area (Å²) in [5.74, 6) is 0.433. The number of ether oxygens (including phenoxy) is 2.